The zero-order chi connectivity index (χ0) is 17.4. The van der Waals surface area contributed by atoms with E-state index in [2.05, 4.69) is 10.6 Å². The zero-order valence-corrected chi connectivity index (χ0v) is 13.2. The van der Waals surface area contributed by atoms with Crippen molar-refractivity contribution in [2.45, 2.75) is 6.92 Å². The van der Waals surface area contributed by atoms with Crippen molar-refractivity contribution >= 4 is 17.6 Å². The molecule has 3 amide bonds. The minimum atomic E-state index is -0.650. The van der Waals surface area contributed by atoms with Crippen LogP contribution in [-0.4, -0.2) is 25.3 Å². The number of amides is 3. The van der Waals surface area contributed by atoms with Crippen molar-refractivity contribution < 1.29 is 19.1 Å². The predicted molar refractivity (Wildman–Crippen MR) is 90.0 cm³/mol. The zero-order valence-electron chi connectivity index (χ0n) is 13.2. The van der Waals surface area contributed by atoms with Gasteiger partial charge in [0.15, 0.2) is 6.73 Å². The smallest absolute Gasteiger partial charge is 0.324 e. The number of urea groups is 1. The van der Waals surface area contributed by atoms with Crippen molar-refractivity contribution in [1.29, 1.82) is 0 Å². The second-order valence-corrected chi connectivity index (χ2v) is 4.78. The fraction of sp³-hybridized carbons (Fsp3) is 0.176. The lowest BCUT2D eigenvalue weighted by Gasteiger charge is -2.09. The van der Waals surface area contributed by atoms with E-state index in [-0.39, 0.29) is 6.73 Å². The summed E-state index contributed by atoms with van der Waals surface area (Å²) in [6.07, 6.45) is 0. The Kier molecular flexibility index (Phi) is 6.01. The van der Waals surface area contributed by atoms with E-state index in [4.69, 9.17) is 15.2 Å². The first-order valence-electron chi connectivity index (χ1n) is 7.39. The number of carbonyl (C=O) groups is 2. The lowest BCUT2D eigenvalue weighted by atomic mass is 10.2. The van der Waals surface area contributed by atoms with E-state index in [1.165, 1.54) is 12.1 Å². The highest BCUT2D eigenvalue weighted by Gasteiger charge is 2.09. The molecule has 0 aliphatic heterocycles. The van der Waals surface area contributed by atoms with Gasteiger partial charge in [0.1, 0.15) is 11.5 Å². The van der Waals surface area contributed by atoms with E-state index >= 15 is 0 Å². The van der Waals surface area contributed by atoms with Gasteiger partial charge in [0, 0.05) is 11.3 Å². The first-order chi connectivity index (χ1) is 11.6. The second-order valence-electron chi connectivity index (χ2n) is 4.78. The Morgan fingerprint density at radius 3 is 2.12 bits per heavy atom. The van der Waals surface area contributed by atoms with Crippen molar-refractivity contribution in [1.82, 2.24) is 10.6 Å². The number of anilines is 1. The van der Waals surface area contributed by atoms with Gasteiger partial charge in [-0.15, -0.1) is 0 Å². The number of hydrogen-bond donors (Lipinski definition) is 3. The lowest BCUT2D eigenvalue weighted by molar-refractivity contribution is 0.0962. The van der Waals surface area contributed by atoms with Crippen LogP contribution in [0.2, 0.25) is 0 Å². The van der Waals surface area contributed by atoms with Crippen LogP contribution in [0.5, 0.6) is 11.5 Å². The van der Waals surface area contributed by atoms with E-state index < -0.39 is 11.9 Å². The summed E-state index contributed by atoms with van der Waals surface area (Å²) in [5.41, 5.74) is 6.42. The maximum Gasteiger partial charge on any atom is 0.324 e. The number of nitrogen functional groups attached to an aromatic ring is 1. The number of rotatable bonds is 6. The van der Waals surface area contributed by atoms with Gasteiger partial charge in [-0.1, -0.05) is 0 Å². The van der Waals surface area contributed by atoms with E-state index in [1.54, 1.807) is 36.4 Å². The van der Waals surface area contributed by atoms with E-state index in [0.717, 1.165) is 5.75 Å². The minimum Gasteiger partial charge on any atom is -0.494 e. The molecule has 24 heavy (non-hydrogen) atoms. The molecule has 7 heteroatoms. The van der Waals surface area contributed by atoms with Gasteiger partial charge >= 0.3 is 6.03 Å². The van der Waals surface area contributed by atoms with Crippen LogP contribution < -0.4 is 25.8 Å². The van der Waals surface area contributed by atoms with Gasteiger partial charge in [-0.25, -0.2) is 4.79 Å². The van der Waals surface area contributed by atoms with Crippen LogP contribution in [0.25, 0.3) is 0 Å². The lowest BCUT2D eigenvalue weighted by Crippen LogP contribution is -2.41. The van der Waals surface area contributed by atoms with Crippen molar-refractivity contribution in [2.75, 3.05) is 19.1 Å². The third-order valence-electron chi connectivity index (χ3n) is 3.01. The van der Waals surface area contributed by atoms with E-state index in [1.807, 2.05) is 6.92 Å². The van der Waals surface area contributed by atoms with Gasteiger partial charge in [-0.2, -0.15) is 0 Å². The topological polar surface area (TPSA) is 103 Å². The number of imide groups is 1. The van der Waals surface area contributed by atoms with Gasteiger partial charge < -0.3 is 20.5 Å². The van der Waals surface area contributed by atoms with Crippen LogP contribution in [-0.2, 0) is 0 Å². The molecule has 0 aliphatic carbocycles. The molecule has 2 rings (SSSR count). The average Bonchev–Trinajstić information content (AvgIpc) is 2.57. The number of hydrogen-bond acceptors (Lipinski definition) is 5. The molecule has 2 aromatic carbocycles. The second kappa shape index (κ2) is 8.42. The van der Waals surface area contributed by atoms with Crippen molar-refractivity contribution in [3.05, 3.63) is 54.1 Å². The number of benzene rings is 2. The van der Waals surface area contributed by atoms with Crippen LogP contribution in [0.4, 0.5) is 10.5 Å². The fourth-order valence-electron chi connectivity index (χ4n) is 1.84. The van der Waals surface area contributed by atoms with Crippen LogP contribution in [0.1, 0.15) is 17.3 Å². The summed E-state index contributed by atoms with van der Waals surface area (Å²) in [7, 11) is 0. The Hall–Kier alpha value is -3.22. The molecule has 7 nitrogen and oxygen atoms in total. The van der Waals surface area contributed by atoms with Gasteiger partial charge in [-0.3, -0.25) is 10.1 Å². The Morgan fingerprint density at radius 1 is 0.958 bits per heavy atom. The summed E-state index contributed by atoms with van der Waals surface area (Å²) in [6.45, 7) is 2.41. The fourth-order valence-corrected chi connectivity index (χ4v) is 1.84. The van der Waals surface area contributed by atoms with E-state index in [9.17, 15) is 9.59 Å². The molecule has 2 aromatic rings. The standard InChI is InChI=1S/C17H19N3O4/c1-2-23-14-7-9-15(10-8-14)24-11-19-17(22)20-16(21)12-3-5-13(18)6-4-12/h3-10H,2,11,18H2,1H3,(H2,19,20,21,22). The molecular formula is C17H19N3O4. The van der Waals surface area contributed by atoms with Gasteiger partial charge in [0.2, 0.25) is 0 Å². The quantitative estimate of drug-likeness (QED) is 0.556. The summed E-state index contributed by atoms with van der Waals surface area (Å²) >= 11 is 0. The van der Waals surface area contributed by atoms with Crippen molar-refractivity contribution in [3.8, 4) is 11.5 Å². The summed E-state index contributed by atoms with van der Waals surface area (Å²) in [4.78, 5) is 23.5. The molecule has 0 fully saturated rings. The van der Waals surface area contributed by atoms with Crippen LogP contribution in [0, 0.1) is 0 Å². The third-order valence-corrected chi connectivity index (χ3v) is 3.01. The highest BCUT2D eigenvalue weighted by atomic mass is 16.5. The first kappa shape index (κ1) is 17.1. The summed E-state index contributed by atoms with van der Waals surface area (Å²) < 4.78 is 10.7. The maximum absolute atomic E-state index is 11.8. The summed E-state index contributed by atoms with van der Waals surface area (Å²) in [5.74, 6) is 0.793. The molecule has 0 spiro atoms. The first-order valence-corrected chi connectivity index (χ1v) is 7.39. The molecule has 0 saturated carbocycles. The van der Waals surface area contributed by atoms with Gasteiger partial charge in [0.05, 0.1) is 6.61 Å². The van der Waals surface area contributed by atoms with Gasteiger partial charge in [0.25, 0.3) is 5.91 Å². The Morgan fingerprint density at radius 2 is 1.54 bits per heavy atom. The molecule has 0 aromatic heterocycles. The largest absolute Gasteiger partial charge is 0.494 e. The number of nitrogens with one attached hydrogen (secondary N) is 2. The number of nitrogens with two attached hydrogens (primary N) is 1. The predicted octanol–water partition coefficient (Wildman–Crippen LogP) is 2.14. The molecule has 0 bridgehead atoms. The highest BCUT2D eigenvalue weighted by molar-refractivity contribution is 6.04. The molecule has 0 saturated heterocycles. The molecule has 0 heterocycles. The normalized spacial score (nSPS) is 9.88. The van der Waals surface area contributed by atoms with Crippen LogP contribution in [0.15, 0.2) is 48.5 Å². The average molecular weight is 329 g/mol. The molecule has 126 valence electrons. The van der Waals surface area contributed by atoms with Crippen molar-refractivity contribution in [2.24, 2.45) is 0 Å². The SMILES string of the molecule is CCOc1ccc(OCNC(=O)NC(=O)c2ccc(N)cc2)cc1. The molecule has 0 atom stereocenters. The molecule has 0 unspecified atom stereocenters. The molecule has 4 N–H and O–H groups in total. The number of ether oxygens (including phenoxy) is 2. The van der Waals surface area contributed by atoms with Crippen LogP contribution >= 0.6 is 0 Å². The Labute approximate surface area is 139 Å². The van der Waals surface area contributed by atoms with E-state index in [0.29, 0.717) is 23.6 Å². The number of carbonyl (C=O) groups excluding carboxylic acids is 2. The highest BCUT2D eigenvalue weighted by Crippen LogP contribution is 2.17. The minimum absolute atomic E-state index is 0.0746. The Bertz CT molecular complexity index is 684. The summed E-state index contributed by atoms with van der Waals surface area (Å²) in [6, 6.07) is 12.6. The van der Waals surface area contributed by atoms with Crippen molar-refractivity contribution in [3.63, 3.8) is 0 Å². The van der Waals surface area contributed by atoms with Gasteiger partial charge in [-0.05, 0) is 55.5 Å². The maximum atomic E-state index is 11.8. The molecule has 0 aliphatic rings. The van der Waals surface area contributed by atoms with Crippen LogP contribution in [0.3, 0.4) is 0 Å². The molecule has 0 radical (unpaired) electrons. The third kappa shape index (κ3) is 5.20. The summed E-state index contributed by atoms with van der Waals surface area (Å²) in [5, 5.41) is 4.63. The monoisotopic (exact) mass is 329 g/mol. The molecular weight excluding hydrogens is 310 g/mol. The Balaban J connectivity index is 1.74.